The van der Waals surface area contributed by atoms with Crippen LogP contribution in [0.3, 0.4) is 0 Å². The number of nitrogen functional groups attached to an aromatic ring is 1. The molecule has 6 nitrogen and oxygen atoms in total. The van der Waals surface area contributed by atoms with Gasteiger partial charge in [0.15, 0.2) is 0 Å². The molecule has 0 unspecified atom stereocenters. The second-order valence-electron chi connectivity index (χ2n) is 4.86. The second-order valence-corrected chi connectivity index (χ2v) is 4.86. The summed E-state index contributed by atoms with van der Waals surface area (Å²) >= 11 is 0. The maximum absolute atomic E-state index is 13.1. The standard InChI is InChI=1S/C14H16FN3O3/c15-9-5-6-10(16)11(7-9)17-12(19)8-18-13(20)3-1-2-4-14(18)21/h5-7H,1-4,8,16H2,(H,17,19). The zero-order chi connectivity index (χ0) is 15.4. The molecule has 1 heterocycles. The maximum atomic E-state index is 13.1. The summed E-state index contributed by atoms with van der Waals surface area (Å²) in [6, 6.07) is 3.58. The molecule has 1 fully saturated rings. The topological polar surface area (TPSA) is 92.5 Å². The molecule has 112 valence electrons. The molecule has 0 aliphatic carbocycles. The van der Waals surface area contributed by atoms with Gasteiger partial charge >= 0.3 is 0 Å². The van der Waals surface area contributed by atoms with Crippen LogP contribution < -0.4 is 11.1 Å². The van der Waals surface area contributed by atoms with E-state index in [0.29, 0.717) is 12.8 Å². The molecular formula is C14H16FN3O3. The quantitative estimate of drug-likeness (QED) is 0.648. The summed E-state index contributed by atoms with van der Waals surface area (Å²) in [7, 11) is 0. The van der Waals surface area contributed by atoms with E-state index >= 15 is 0 Å². The highest BCUT2D eigenvalue weighted by atomic mass is 19.1. The number of hydrogen-bond donors (Lipinski definition) is 2. The van der Waals surface area contributed by atoms with Crippen LogP contribution in [-0.2, 0) is 14.4 Å². The number of nitrogens with two attached hydrogens (primary N) is 1. The van der Waals surface area contributed by atoms with Crippen LogP contribution in [0.5, 0.6) is 0 Å². The highest BCUT2D eigenvalue weighted by Gasteiger charge is 2.26. The zero-order valence-corrected chi connectivity index (χ0v) is 11.4. The lowest BCUT2D eigenvalue weighted by Crippen LogP contribution is -2.41. The SMILES string of the molecule is Nc1ccc(F)cc1NC(=O)CN1C(=O)CCCCC1=O. The van der Waals surface area contributed by atoms with Gasteiger partial charge in [-0.2, -0.15) is 0 Å². The average molecular weight is 293 g/mol. The third kappa shape index (κ3) is 3.77. The Labute approximate surface area is 121 Å². The number of nitrogens with zero attached hydrogens (tertiary/aromatic N) is 1. The van der Waals surface area contributed by atoms with Gasteiger partial charge < -0.3 is 11.1 Å². The molecule has 0 aromatic heterocycles. The van der Waals surface area contributed by atoms with Crippen molar-refractivity contribution in [3.63, 3.8) is 0 Å². The first-order valence-electron chi connectivity index (χ1n) is 6.65. The molecule has 3 N–H and O–H groups in total. The Bertz CT molecular complexity index is 571. The first-order chi connectivity index (χ1) is 9.97. The molecule has 21 heavy (non-hydrogen) atoms. The highest BCUT2D eigenvalue weighted by Crippen LogP contribution is 2.19. The van der Waals surface area contributed by atoms with Gasteiger partial charge in [0.1, 0.15) is 12.4 Å². The van der Waals surface area contributed by atoms with Crippen molar-refractivity contribution in [2.24, 2.45) is 0 Å². The van der Waals surface area contributed by atoms with E-state index in [1.807, 2.05) is 0 Å². The van der Waals surface area contributed by atoms with Crippen LogP contribution in [-0.4, -0.2) is 29.2 Å². The molecule has 0 bridgehead atoms. The fraction of sp³-hybridized carbons (Fsp3) is 0.357. The molecule has 1 saturated heterocycles. The van der Waals surface area contributed by atoms with Gasteiger partial charge in [-0.1, -0.05) is 0 Å². The molecule has 1 aromatic rings. The Hall–Kier alpha value is -2.44. The number of amides is 3. The lowest BCUT2D eigenvalue weighted by Gasteiger charge is -2.18. The number of anilines is 2. The Morgan fingerprint density at radius 2 is 1.86 bits per heavy atom. The first kappa shape index (κ1) is 15.0. The Balaban J connectivity index is 2.05. The molecule has 0 spiro atoms. The minimum atomic E-state index is -0.587. The van der Waals surface area contributed by atoms with Gasteiger partial charge in [-0.15, -0.1) is 0 Å². The fourth-order valence-corrected chi connectivity index (χ4v) is 2.11. The van der Waals surface area contributed by atoms with Crippen LogP contribution in [0.25, 0.3) is 0 Å². The smallest absolute Gasteiger partial charge is 0.244 e. The van der Waals surface area contributed by atoms with Crippen LogP contribution >= 0.6 is 0 Å². The summed E-state index contributed by atoms with van der Waals surface area (Å²) in [5.41, 5.74) is 5.95. The number of halogens is 1. The van der Waals surface area contributed by atoms with Crippen LogP contribution in [0.2, 0.25) is 0 Å². The van der Waals surface area contributed by atoms with Crippen molar-refractivity contribution in [2.45, 2.75) is 25.7 Å². The third-order valence-corrected chi connectivity index (χ3v) is 3.22. The Morgan fingerprint density at radius 3 is 2.48 bits per heavy atom. The number of rotatable bonds is 3. The van der Waals surface area contributed by atoms with Gasteiger partial charge in [0, 0.05) is 12.8 Å². The Morgan fingerprint density at radius 1 is 1.24 bits per heavy atom. The van der Waals surface area contributed by atoms with Crippen molar-refractivity contribution < 1.29 is 18.8 Å². The summed E-state index contributed by atoms with van der Waals surface area (Å²) in [6.45, 7) is -0.381. The summed E-state index contributed by atoms with van der Waals surface area (Å²) in [5.74, 6) is -1.85. The van der Waals surface area contributed by atoms with Gasteiger partial charge in [0.2, 0.25) is 17.7 Å². The molecule has 0 radical (unpaired) electrons. The van der Waals surface area contributed by atoms with Gasteiger partial charge in [-0.05, 0) is 31.0 Å². The van der Waals surface area contributed by atoms with Gasteiger partial charge in [0.25, 0.3) is 0 Å². The van der Waals surface area contributed by atoms with Crippen LogP contribution in [0.1, 0.15) is 25.7 Å². The van der Waals surface area contributed by atoms with Crippen molar-refractivity contribution in [2.75, 3.05) is 17.6 Å². The molecule has 0 atom stereocenters. The summed E-state index contributed by atoms with van der Waals surface area (Å²) < 4.78 is 13.1. The number of hydrogen-bond acceptors (Lipinski definition) is 4. The van der Waals surface area contributed by atoms with E-state index in [2.05, 4.69) is 5.32 Å². The van der Waals surface area contributed by atoms with E-state index in [1.165, 1.54) is 12.1 Å². The summed E-state index contributed by atoms with van der Waals surface area (Å²) in [6.07, 6.45) is 1.78. The molecule has 1 aliphatic rings. The zero-order valence-electron chi connectivity index (χ0n) is 11.4. The number of imide groups is 1. The average Bonchev–Trinajstić information content (AvgIpc) is 2.58. The van der Waals surface area contributed by atoms with E-state index in [9.17, 15) is 18.8 Å². The highest BCUT2D eigenvalue weighted by molar-refractivity contribution is 6.03. The number of likely N-dealkylation sites (tertiary alicyclic amines) is 1. The Kier molecular flexibility index (Phi) is 4.52. The minimum absolute atomic E-state index is 0.120. The van der Waals surface area contributed by atoms with Gasteiger partial charge in [-0.3, -0.25) is 19.3 Å². The monoisotopic (exact) mass is 293 g/mol. The number of nitrogens with one attached hydrogen (secondary N) is 1. The molecule has 7 heteroatoms. The van der Waals surface area contributed by atoms with Crippen molar-refractivity contribution in [3.8, 4) is 0 Å². The minimum Gasteiger partial charge on any atom is -0.397 e. The van der Waals surface area contributed by atoms with Crippen molar-refractivity contribution in [3.05, 3.63) is 24.0 Å². The van der Waals surface area contributed by atoms with Crippen molar-refractivity contribution in [1.29, 1.82) is 0 Å². The molecule has 1 aromatic carbocycles. The van der Waals surface area contributed by atoms with Crippen LogP contribution in [0.4, 0.5) is 15.8 Å². The molecular weight excluding hydrogens is 277 g/mol. The maximum Gasteiger partial charge on any atom is 0.244 e. The lowest BCUT2D eigenvalue weighted by atomic mass is 10.2. The van der Waals surface area contributed by atoms with E-state index in [0.717, 1.165) is 11.0 Å². The number of carbonyl (C=O) groups excluding carboxylic acids is 3. The molecule has 2 rings (SSSR count). The number of carbonyl (C=O) groups is 3. The summed E-state index contributed by atoms with van der Waals surface area (Å²) in [5, 5.41) is 2.41. The lowest BCUT2D eigenvalue weighted by molar-refractivity contribution is -0.146. The van der Waals surface area contributed by atoms with Crippen molar-refractivity contribution in [1.82, 2.24) is 4.90 Å². The number of benzene rings is 1. The van der Waals surface area contributed by atoms with Gasteiger partial charge in [0.05, 0.1) is 11.4 Å². The molecule has 1 aliphatic heterocycles. The third-order valence-electron chi connectivity index (χ3n) is 3.22. The molecule has 0 saturated carbocycles. The normalized spacial score (nSPS) is 15.8. The van der Waals surface area contributed by atoms with E-state index in [1.54, 1.807) is 0 Å². The van der Waals surface area contributed by atoms with E-state index in [-0.39, 0.29) is 42.6 Å². The second kappa shape index (κ2) is 6.34. The van der Waals surface area contributed by atoms with Gasteiger partial charge in [-0.25, -0.2) is 4.39 Å². The van der Waals surface area contributed by atoms with Crippen molar-refractivity contribution >= 4 is 29.1 Å². The first-order valence-corrected chi connectivity index (χ1v) is 6.65. The molecule has 3 amide bonds. The van der Waals surface area contributed by atoms with E-state index < -0.39 is 11.7 Å². The van der Waals surface area contributed by atoms with Crippen LogP contribution in [0, 0.1) is 5.82 Å². The predicted molar refractivity (Wildman–Crippen MR) is 74.6 cm³/mol. The predicted octanol–water partition coefficient (Wildman–Crippen LogP) is 1.28. The summed E-state index contributed by atoms with van der Waals surface area (Å²) in [4.78, 5) is 36.4. The largest absolute Gasteiger partial charge is 0.397 e. The van der Waals surface area contributed by atoms with E-state index in [4.69, 9.17) is 5.73 Å². The fourth-order valence-electron chi connectivity index (χ4n) is 2.11. The van der Waals surface area contributed by atoms with Crippen LogP contribution in [0.15, 0.2) is 18.2 Å².